The van der Waals surface area contributed by atoms with Crippen LogP contribution in [0, 0.1) is 12.8 Å². The van der Waals surface area contributed by atoms with Crippen molar-refractivity contribution in [3.05, 3.63) is 21.4 Å². The highest BCUT2D eigenvalue weighted by molar-refractivity contribution is 7.12. The topological polar surface area (TPSA) is 15.3 Å². The first-order valence-corrected chi connectivity index (χ1v) is 8.65. The number of nitrogens with zero attached hydrogens (tertiary/aromatic N) is 1. The summed E-state index contributed by atoms with van der Waals surface area (Å²) in [5.41, 5.74) is 1.59. The van der Waals surface area contributed by atoms with E-state index in [4.69, 9.17) is 0 Å². The molecule has 3 aliphatic rings. The first-order valence-electron chi connectivity index (χ1n) is 7.83. The molecule has 0 amide bonds. The summed E-state index contributed by atoms with van der Waals surface area (Å²) in [7, 11) is 0. The fraction of sp³-hybridized carbons (Fsp3) is 0.750. The van der Waals surface area contributed by atoms with Crippen molar-refractivity contribution in [3.8, 4) is 0 Å². The first kappa shape index (κ1) is 12.4. The van der Waals surface area contributed by atoms with Crippen molar-refractivity contribution in [2.24, 2.45) is 5.92 Å². The van der Waals surface area contributed by atoms with Crippen LogP contribution in [0.4, 0.5) is 0 Å². The van der Waals surface area contributed by atoms with E-state index in [0.29, 0.717) is 0 Å². The van der Waals surface area contributed by atoms with Gasteiger partial charge in [0.25, 0.3) is 0 Å². The molecular formula is C16H24N2S. The van der Waals surface area contributed by atoms with Crippen LogP contribution in [0.3, 0.4) is 0 Å². The molecule has 1 aromatic heterocycles. The Morgan fingerprint density at radius 2 is 2.21 bits per heavy atom. The lowest BCUT2D eigenvalue weighted by Gasteiger charge is -2.26. The van der Waals surface area contributed by atoms with E-state index in [0.717, 1.165) is 24.5 Å². The maximum Gasteiger partial charge on any atom is 0.0302 e. The zero-order valence-corrected chi connectivity index (χ0v) is 12.6. The summed E-state index contributed by atoms with van der Waals surface area (Å²) in [6, 6.07) is 4.18. The van der Waals surface area contributed by atoms with Crippen LogP contribution < -0.4 is 5.32 Å². The standard InChI is InChI=1S/C16H24N2S/c1-11-13(7-16(19-11)8-17-14-3-4-14)10-18-9-12-2-5-15(18)6-12/h7,12,14-15,17H,2-6,8-10H2,1H3. The van der Waals surface area contributed by atoms with Gasteiger partial charge in [-0.1, -0.05) is 0 Å². The van der Waals surface area contributed by atoms with Gasteiger partial charge in [-0.2, -0.15) is 0 Å². The Balaban J connectivity index is 1.39. The molecule has 104 valence electrons. The zero-order valence-electron chi connectivity index (χ0n) is 11.8. The summed E-state index contributed by atoms with van der Waals surface area (Å²) in [5, 5.41) is 3.63. The molecule has 3 fully saturated rings. The van der Waals surface area contributed by atoms with E-state index in [-0.39, 0.29) is 0 Å². The van der Waals surface area contributed by atoms with Gasteiger partial charge in [-0.05, 0) is 56.6 Å². The van der Waals surface area contributed by atoms with Gasteiger partial charge in [0.05, 0.1) is 0 Å². The highest BCUT2D eigenvalue weighted by Crippen LogP contribution is 2.38. The largest absolute Gasteiger partial charge is 0.309 e. The third kappa shape index (κ3) is 2.61. The number of likely N-dealkylation sites (tertiary alicyclic amines) is 1. The summed E-state index contributed by atoms with van der Waals surface area (Å²) in [5.74, 6) is 1.01. The molecule has 4 rings (SSSR count). The smallest absolute Gasteiger partial charge is 0.0302 e. The number of rotatable bonds is 5. The SMILES string of the molecule is Cc1sc(CNC2CC2)cc1CN1CC2CCC1C2. The van der Waals surface area contributed by atoms with Gasteiger partial charge in [0, 0.05) is 41.5 Å². The predicted molar refractivity (Wildman–Crippen MR) is 80.5 cm³/mol. The average Bonchev–Trinajstić information content (AvgIpc) is 2.83. The number of fused-ring (bicyclic) bond motifs is 2. The Kier molecular flexibility index (Phi) is 3.17. The van der Waals surface area contributed by atoms with Gasteiger partial charge in [-0.15, -0.1) is 11.3 Å². The summed E-state index contributed by atoms with van der Waals surface area (Å²) < 4.78 is 0. The maximum absolute atomic E-state index is 3.63. The van der Waals surface area contributed by atoms with Crippen LogP contribution in [-0.2, 0) is 13.1 Å². The van der Waals surface area contributed by atoms with Crippen LogP contribution >= 0.6 is 11.3 Å². The minimum atomic E-state index is 0.820. The number of aryl methyl sites for hydroxylation is 1. The van der Waals surface area contributed by atoms with Gasteiger partial charge < -0.3 is 5.32 Å². The molecule has 1 aliphatic heterocycles. The molecular weight excluding hydrogens is 252 g/mol. The molecule has 0 aromatic carbocycles. The minimum Gasteiger partial charge on any atom is -0.309 e. The second-order valence-electron chi connectivity index (χ2n) is 6.71. The lowest BCUT2D eigenvalue weighted by atomic mass is 10.1. The molecule has 3 heteroatoms. The van der Waals surface area contributed by atoms with E-state index in [1.54, 1.807) is 5.56 Å². The lowest BCUT2D eigenvalue weighted by molar-refractivity contribution is 0.205. The van der Waals surface area contributed by atoms with E-state index >= 15 is 0 Å². The van der Waals surface area contributed by atoms with Crippen LogP contribution in [-0.4, -0.2) is 23.5 Å². The lowest BCUT2D eigenvalue weighted by Crippen LogP contribution is -2.31. The molecule has 2 atom stereocenters. The number of thiophene rings is 1. The van der Waals surface area contributed by atoms with Crippen LogP contribution in [0.1, 0.15) is 47.4 Å². The molecule has 0 spiro atoms. The average molecular weight is 276 g/mol. The maximum atomic E-state index is 3.63. The molecule has 2 nitrogen and oxygen atoms in total. The summed E-state index contributed by atoms with van der Waals surface area (Å²) in [6.07, 6.45) is 7.17. The van der Waals surface area contributed by atoms with Gasteiger partial charge >= 0.3 is 0 Å². The normalized spacial score (nSPS) is 30.4. The second-order valence-corrected chi connectivity index (χ2v) is 8.05. The van der Waals surface area contributed by atoms with E-state index in [1.807, 2.05) is 11.3 Å². The Hall–Kier alpha value is -0.380. The van der Waals surface area contributed by atoms with E-state index in [2.05, 4.69) is 23.2 Å². The molecule has 0 radical (unpaired) electrons. The molecule has 19 heavy (non-hydrogen) atoms. The number of hydrogen-bond acceptors (Lipinski definition) is 3. The fourth-order valence-electron chi connectivity index (χ4n) is 3.80. The number of hydrogen-bond donors (Lipinski definition) is 1. The van der Waals surface area contributed by atoms with Gasteiger partial charge in [0.15, 0.2) is 0 Å². The summed E-state index contributed by atoms with van der Waals surface area (Å²) in [6.45, 7) is 5.94. The molecule has 2 saturated carbocycles. The van der Waals surface area contributed by atoms with Gasteiger partial charge in [0.2, 0.25) is 0 Å². The fourth-order valence-corrected chi connectivity index (χ4v) is 4.81. The first-order chi connectivity index (χ1) is 9.28. The quantitative estimate of drug-likeness (QED) is 0.888. The summed E-state index contributed by atoms with van der Waals surface area (Å²) >= 11 is 2.00. The molecule has 1 aromatic rings. The van der Waals surface area contributed by atoms with E-state index < -0.39 is 0 Å². The molecule has 1 saturated heterocycles. The highest BCUT2D eigenvalue weighted by Gasteiger charge is 2.37. The molecule has 2 heterocycles. The number of piperidine rings is 1. The minimum absolute atomic E-state index is 0.820. The third-order valence-electron chi connectivity index (χ3n) is 5.11. The van der Waals surface area contributed by atoms with Crippen LogP contribution in [0.5, 0.6) is 0 Å². The Morgan fingerprint density at radius 3 is 2.89 bits per heavy atom. The molecule has 2 aliphatic carbocycles. The van der Waals surface area contributed by atoms with Gasteiger partial charge in [0.1, 0.15) is 0 Å². The Bertz CT molecular complexity index is 463. The van der Waals surface area contributed by atoms with E-state index in [1.165, 1.54) is 54.9 Å². The van der Waals surface area contributed by atoms with Crippen molar-refractivity contribution in [2.45, 2.75) is 64.2 Å². The van der Waals surface area contributed by atoms with Crippen molar-refractivity contribution in [2.75, 3.05) is 6.54 Å². The highest BCUT2D eigenvalue weighted by atomic mass is 32.1. The van der Waals surface area contributed by atoms with Gasteiger partial charge in [-0.3, -0.25) is 4.90 Å². The monoisotopic (exact) mass is 276 g/mol. The summed E-state index contributed by atoms with van der Waals surface area (Å²) in [4.78, 5) is 5.81. The van der Waals surface area contributed by atoms with Crippen molar-refractivity contribution in [1.29, 1.82) is 0 Å². The van der Waals surface area contributed by atoms with Crippen LogP contribution in [0.15, 0.2) is 6.07 Å². The molecule has 2 unspecified atom stereocenters. The van der Waals surface area contributed by atoms with Crippen molar-refractivity contribution < 1.29 is 0 Å². The van der Waals surface area contributed by atoms with Gasteiger partial charge in [-0.25, -0.2) is 0 Å². The number of nitrogens with one attached hydrogen (secondary N) is 1. The van der Waals surface area contributed by atoms with Crippen molar-refractivity contribution in [1.82, 2.24) is 10.2 Å². The van der Waals surface area contributed by atoms with Crippen molar-refractivity contribution in [3.63, 3.8) is 0 Å². The second kappa shape index (κ2) is 4.87. The van der Waals surface area contributed by atoms with Crippen molar-refractivity contribution >= 4 is 11.3 Å². The predicted octanol–water partition coefficient (Wildman–Crippen LogP) is 3.29. The molecule has 2 bridgehead atoms. The zero-order chi connectivity index (χ0) is 12.8. The van der Waals surface area contributed by atoms with E-state index in [9.17, 15) is 0 Å². The molecule has 1 N–H and O–H groups in total. The third-order valence-corrected chi connectivity index (χ3v) is 6.20. The van der Waals surface area contributed by atoms with Crippen LogP contribution in [0.2, 0.25) is 0 Å². The Labute approximate surface area is 120 Å². The van der Waals surface area contributed by atoms with Crippen LogP contribution in [0.25, 0.3) is 0 Å². The Morgan fingerprint density at radius 1 is 1.32 bits per heavy atom.